The molecule has 3 saturated carbocycles. The second kappa shape index (κ2) is 27.5. The first-order valence-corrected chi connectivity index (χ1v) is 34.5. The fraction of sp³-hybridized carbons (Fsp3) is 0.522. The number of nitrogens with one attached hydrogen (secondary N) is 5. The van der Waals surface area contributed by atoms with E-state index in [0.717, 1.165) is 104 Å². The van der Waals surface area contributed by atoms with E-state index in [1.54, 1.807) is 71.4 Å². The van der Waals surface area contributed by atoms with Crippen LogP contribution >= 0.6 is 11.8 Å². The van der Waals surface area contributed by atoms with Gasteiger partial charge < -0.3 is 40.5 Å². The van der Waals surface area contributed by atoms with Crippen LogP contribution in [0, 0.1) is 29.1 Å². The van der Waals surface area contributed by atoms with Crippen molar-refractivity contribution in [3.05, 3.63) is 137 Å². The molecule has 6 fully saturated rings. The van der Waals surface area contributed by atoms with Gasteiger partial charge in [0.25, 0.3) is 27.7 Å². The van der Waals surface area contributed by atoms with Gasteiger partial charge in [0.15, 0.2) is 0 Å². The molecule has 4 aliphatic heterocycles. The van der Waals surface area contributed by atoms with Crippen LogP contribution in [0.25, 0.3) is 0 Å². The molecule has 2 bridgehead atoms. The number of sulfonamides is 1. The Labute approximate surface area is 529 Å². The third kappa shape index (κ3) is 15.1. The number of benzene rings is 4. The molecule has 4 aromatic carbocycles. The van der Waals surface area contributed by atoms with Crippen LogP contribution in [0.1, 0.15) is 128 Å². The van der Waals surface area contributed by atoms with E-state index < -0.39 is 39.7 Å². The third-order valence-corrected chi connectivity index (χ3v) is 22.0. The molecule has 5 amide bonds. The quantitative estimate of drug-likeness (QED) is 0.0163. The lowest BCUT2D eigenvalue weighted by Gasteiger charge is -2.72. The van der Waals surface area contributed by atoms with Crippen molar-refractivity contribution in [1.82, 2.24) is 30.1 Å². The predicted octanol–water partition coefficient (Wildman–Crippen LogP) is 9.26. The van der Waals surface area contributed by atoms with Crippen molar-refractivity contribution in [3.63, 3.8) is 0 Å². The Bertz CT molecular complexity index is 3410. The molecule has 4 aliphatic carbocycles. The first-order valence-electron chi connectivity index (χ1n) is 32.0. The normalized spacial score (nSPS) is 23.3. The van der Waals surface area contributed by atoms with Gasteiger partial charge in [-0.05, 0) is 179 Å². The molecule has 18 nitrogen and oxygen atoms in total. The van der Waals surface area contributed by atoms with Gasteiger partial charge in [-0.3, -0.25) is 33.8 Å². The Morgan fingerprint density at radius 2 is 1.51 bits per heavy atom. The minimum Gasteiger partial charge on any atom is -0.382 e. The van der Waals surface area contributed by atoms with Crippen molar-refractivity contribution in [1.29, 1.82) is 0 Å². The molecule has 0 spiro atoms. The summed E-state index contributed by atoms with van der Waals surface area (Å²) in [5.41, 5.74) is 9.49. The Morgan fingerprint density at radius 1 is 0.787 bits per heavy atom. The minimum absolute atomic E-state index is 0.0204. The van der Waals surface area contributed by atoms with Crippen LogP contribution in [0.3, 0.4) is 0 Å². The smallest absolute Gasteiger partial charge is 0.264 e. The number of nitrogens with zero attached hydrogens (tertiary/aromatic N) is 4. The molecular weight excluding hydrogens is 1160 g/mol. The Balaban J connectivity index is 0.580. The van der Waals surface area contributed by atoms with Gasteiger partial charge >= 0.3 is 0 Å². The van der Waals surface area contributed by atoms with Gasteiger partial charge in [0.05, 0.1) is 42.4 Å². The SMILES string of the molecule is C=C1CCC(N2C(=O)c3cccc(NCCOCCOCCNC(=O)C4CCN(CC[C@H](CSc5ccccc5)Nc5ccc(S(=O)(=O)NC(=O)c6ccc(N7CCN(CC8=C(C9%10CC(C)(C9)C%10)CC(C)(C)CC8)CC7)cc6)cc5C)CC4)c3C2=O)C(=O)N1. The van der Waals surface area contributed by atoms with Crippen molar-refractivity contribution >= 4 is 68.4 Å². The van der Waals surface area contributed by atoms with Gasteiger partial charge in [0.1, 0.15) is 6.04 Å². The van der Waals surface area contributed by atoms with Crippen LogP contribution in [-0.4, -0.2) is 162 Å². The van der Waals surface area contributed by atoms with Crippen LogP contribution in [-0.2, 0) is 29.1 Å². The standard InChI is InChI=1S/C69H89N9O9S2/c1-47-40-55(89(84,85)74-63(80)49-15-17-53(18-16-49)77-34-32-76(33-35-77)42-51-22-26-67(3,4)41-57(51)69-44-68(5,45-69)46-69)19-20-58(47)73-52(43-88-54-10-7-6-8-11-54)25-31-75-29-23-50(24-30-75)62(79)71-28-37-87-39-38-86-36-27-70-59-13-9-12-56-61(59)66(83)78(65(56)82)60-21-14-48(2)72-64(60)81/h6-13,15-20,40,50,52,60,70,73H,2,14,21-39,41-46H2,1,3-5H3,(H,71,79)(H,72,81)(H,74,80)/t52-,60?,68?,69?/m1/s1. The average Bonchev–Trinajstić information content (AvgIpc) is 0.800. The number of allylic oxidation sites excluding steroid dienone is 2. The van der Waals surface area contributed by atoms with Gasteiger partial charge in [-0.2, -0.15) is 0 Å². The fourth-order valence-corrected chi connectivity index (χ4v) is 16.8. The molecule has 4 aromatic rings. The lowest BCUT2D eigenvalue weighted by molar-refractivity contribution is -0.167. The largest absolute Gasteiger partial charge is 0.382 e. The fourth-order valence-electron chi connectivity index (χ4n) is 14.7. The first kappa shape index (κ1) is 64.0. The molecular formula is C69H89N9O9S2. The maximum absolute atomic E-state index is 13.7. The summed E-state index contributed by atoms with van der Waals surface area (Å²) in [6, 6.07) is 26.7. The van der Waals surface area contributed by atoms with E-state index >= 15 is 0 Å². The second-order valence-electron chi connectivity index (χ2n) is 26.9. The third-order valence-electron chi connectivity index (χ3n) is 19.5. The van der Waals surface area contributed by atoms with Crippen molar-refractivity contribution in [2.24, 2.45) is 22.2 Å². The highest BCUT2D eigenvalue weighted by Crippen LogP contribution is 2.77. The second-order valence-corrected chi connectivity index (χ2v) is 29.7. The monoisotopic (exact) mass is 1250 g/mol. The van der Waals surface area contributed by atoms with Gasteiger partial charge in [-0.15, -0.1) is 11.8 Å². The molecule has 0 aromatic heterocycles. The molecule has 8 aliphatic rings. The summed E-state index contributed by atoms with van der Waals surface area (Å²) in [6.07, 6.45) is 11.0. The molecule has 89 heavy (non-hydrogen) atoms. The highest BCUT2D eigenvalue weighted by atomic mass is 32.2. The number of piperazine rings is 1. The number of rotatable bonds is 27. The summed E-state index contributed by atoms with van der Waals surface area (Å²) in [5, 5.41) is 12.6. The molecule has 5 N–H and O–H groups in total. The Morgan fingerprint density at radius 3 is 2.20 bits per heavy atom. The predicted molar refractivity (Wildman–Crippen MR) is 349 cm³/mol. The zero-order valence-electron chi connectivity index (χ0n) is 52.3. The highest BCUT2D eigenvalue weighted by Gasteiger charge is 2.67. The summed E-state index contributed by atoms with van der Waals surface area (Å²) in [6.45, 7) is 22.4. The van der Waals surface area contributed by atoms with Crippen molar-refractivity contribution in [3.8, 4) is 0 Å². The number of thioether (sulfide) groups is 1. The summed E-state index contributed by atoms with van der Waals surface area (Å²) >= 11 is 1.76. The minimum atomic E-state index is -4.17. The maximum atomic E-state index is 13.7. The van der Waals surface area contributed by atoms with E-state index in [-0.39, 0.29) is 39.5 Å². The number of piperidine rings is 2. The number of fused-ring (bicyclic) bond motifs is 1. The number of likely N-dealkylation sites (tertiary alicyclic amines) is 1. The lowest BCUT2D eigenvalue weighted by atomic mass is 9.33. The Hall–Kier alpha value is -6.55. The number of carbonyl (C=O) groups is 5. The summed E-state index contributed by atoms with van der Waals surface area (Å²) in [7, 11) is -4.17. The van der Waals surface area contributed by atoms with Crippen LogP contribution in [0.4, 0.5) is 17.1 Å². The lowest BCUT2D eigenvalue weighted by Crippen LogP contribution is -2.61. The zero-order valence-corrected chi connectivity index (χ0v) is 53.9. The maximum Gasteiger partial charge on any atom is 0.264 e. The van der Waals surface area contributed by atoms with Crippen LogP contribution in [0.2, 0.25) is 0 Å². The Kier molecular flexibility index (Phi) is 19.8. The highest BCUT2D eigenvalue weighted by molar-refractivity contribution is 7.99. The summed E-state index contributed by atoms with van der Waals surface area (Å²) in [5.74, 6) is -1.33. The number of amides is 5. The summed E-state index contributed by atoms with van der Waals surface area (Å²) in [4.78, 5) is 75.6. The number of anilines is 3. The number of carbonyl (C=O) groups excluding carboxylic acids is 5. The number of hydrogen-bond donors (Lipinski definition) is 5. The molecule has 1 unspecified atom stereocenters. The van der Waals surface area contributed by atoms with Gasteiger partial charge in [-0.1, -0.05) is 62.8 Å². The van der Waals surface area contributed by atoms with Crippen molar-refractivity contribution in [2.75, 3.05) is 113 Å². The van der Waals surface area contributed by atoms with Gasteiger partial charge in [-0.25, -0.2) is 13.1 Å². The number of aryl methyl sites for hydroxylation is 1. The molecule has 476 valence electrons. The van der Waals surface area contributed by atoms with Gasteiger partial charge in [0, 0.05) is 103 Å². The molecule has 12 rings (SSSR count). The van der Waals surface area contributed by atoms with Crippen LogP contribution in [0.5, 0.6) is 0 Å². The first-order chi connectivity index (χ1) is 42.7. The molecule has 2 atom stereocenters. The van der Waals surface area contributed by atoms with E-state index in [2.05, 4.69) is 80.2 Å². The van der Waals surface area contributed by atoms with E-state index in [9.17, 15) is 32.4 Å². The van der Waals surface area contributed by atoms with E-state index in [0.29, 0.717) is 80.0 Å². The number of imide groups is 1. The van der Waals surface area contributed by atoms with Crippen LogP contribution < -0.4 is 30.9 Å². The molecule has 4 heterocycles. The molecule has 20 heteroatoms. The van der Waals surface area contributed by atoms with E-state index in [1.807, 2.05) is 37.3 Å². The zero-order chi connectivity index (χ0) is 62.5. The average molecular weight is 1250 g/mol. The van der Waals surface area contributed by atoms with Gasteiger partial charge in [0.2, 0.25) is 11.8 Å². The van der Waals surface area contributed by atoms with E-state index in [1.165, 1.54) is 38.5 Å². The number of hydrogen-bond acceptors (Lipinski definition) is 15. The summed E-state index contributed by atoms with van der Waals surface area (Å²) < 4.78 is 41.3. The molecule has 0 radical (unpaired) electrons. The molecule has 3 saturated heterocycles. The van der Waals surface area contributed by atoms with Crippen molar-refractivity contribution < 1.29 is 41.9 Å². The van der Waals surface area contributed by atoms with E-state index in [4.69, 9.17) is 9.47 Å². The van der Waals surface area contributed by atoms with Crippen LogP contribution in [0.15, 0.2) is 124 Å². The van der Waals surface area contributed by atoms with Crippen molar-refractivity contribution in [2.45, 2.75) is 120 Å². The number of ether oxygens (including phenoxy) is 2. The topological polar surface area (TPSA) is 211 Å².